The summed E-state index contributed by atoms with van der Waals surface area (Å²) in [6.07, 6.45) is 0.770. The van der Waals surface area contributed by atoms with Crippen LogP contribution >= 0.6 is 0 Å². The number of nitrogens with one attached hydrogen (secondary N) is 2. The summed E-state index contributed by atoms with van der Waals surface area (Å²) in [6.45, 7) is 1.14. The van der Waals surface area contributed by atoms with Crippen LogP contribution in [0.15, 0.2) is 18.2 Å². The lowest BCUT2D eigenvalue weighted by molar-refractivity contribution is -0.125. The predicted molar refractivity (Wildman–Crippen MR) is 76.9 cm³/mol. The number of hydrogen-bond donors (Lipinski definition) is 2. The highest BCUT2D eigenvalue weighted by Crippen LogP contribution is 2.18. The lowest BCUT2D eigenvalue weighted by atomic mass is 10.2. The molecule has 0 aromatic heterocycles. The van der Waals surface area contributed by atoms with E-state index in [0.717, 1.165) is 31.4 Å². The van der Waals surface area contributed by atoms with Gasteiger partial charge in [-0.05, 0) is 18.6 Å². The first kappa shape index (κ1) is 18.0. The molecule has 1 atom stereocenters. The minimum atomic E-state index is -3.36. The van der Waals surface area contributed by atoms with Gasteiger partial charge in [0.1, 0.15) is 33.2 Å². The fourth-order valence-corrected chi connectivity index (χ4v) is 2.34. The zero-order valence-corrected chi connectivity index (χ0v) is 12.8. The molecular formula is C13H16F2N2O4S. The van der Waals surface area contributed by atoms with Crippen LogP contribution in [0.1, 0.15) is 13.3 Å². The van der Waals surface area contributed by atoms with Crippen LogP contribution in [0.25, 0.3) is 0 Å². The Balaban J connectivity index is 2.89. The summed E-state index contributed by atoms with van der Waals surface area (Å²) < 4.78 is 49.2. The van der Waals surface area contributed by atoms with Crippen LogP contribution in [-0.2, 0) is 19.4 Å². The Labute approximate surface area is 126 Å². The lowest BCUT2D eigenvalue weighted by Crippen LogP contribution is -2.44. The number of carbonyl (C=O) groups is 2. The van der Waals surface area contributed by atoms with E-state index < -0.39 is 45.0 Å². The Kier molecular flexibility index (Phi) is 5.98. The van der Waals surface area contributed by atoms with Crippen molar-refractivity contribution in [1.29, 1.82) is 0 Å². The summed E-state index contributed by atoms with van der Waals surface area (Å²) in [7, 11) is -3.36. The van der Waals surface area contributed by atoms with Crippen LogP contribution in [0.4, 0.5) is 14.5 Å². The molecule has 122 valence electrons. The largest absolute Gasteiger partial charge is 0.345 e. The van der Waals surface area contributed by atoms with E-state index in [2.05, 4.69) is 5.32 Å². The first-order valence-electron chi connectivity index (χ1n) is 6.30. The van der Waals surface area contributed by atoms with Crippen LogP contribution < -0.4 is 10.6 Å². The van der Waals surface area contributed by atoms with Gasteiger partial charge in [-0.3, -0.25) is 9.59 Å². The molecule has 1 aromatic rings. The van der Waals surface area contributed by atoms with Gasteiger partial charge >= 0.3 is 0 Å². The summed E-state index contributed by atoms with van der Waals surface area (Å²) >= 11 is 0. The third kappa shape index (κ3) is 5.76. The topological polar surface area (TPSA) is 92.3 Å². The summed E-state index contributed by atoms with van der Waals surface area (Å²) in [4.78, 5) is 23.1. The van der Waals surface area contributed by atoms with Gasteiger partial charge in [0.05, 0.1) is 5.75 Å². The second-order valence-corrected chi connectivity index (χ2v) is 7.02. The summed E-state index contributed by atoms with van der Waals surface area (Å²) in [6, 6.07) is 1.84. The maximum atomic E-state index is 13.5. The second kappa shape index (κ2) is 7.30. The van der Waals surface area contributed by atoms with Crippen molar-refractivity contribution in [3.8, 4) is 0 Å². The number of para-hydroxylation sites is 1. The van der Waals surface area contributed by atoms with Crippen LogP contribution in [0.2, 0.25) is 0 Å². The lowest BCUT2D eigenvalue weighted by Gasteiger charge is -2.17. The molecule has 0 saturated carbocycles. The van der Waals surface area contributed by atoms with Crippen molar-refractivity contribution in [2.24, 2.45) is 0 Å². The first-order chi connectivity index (χ1) is 10.1. The van der Waals surface area contributed by atoms with E-state index in [-0.39, 0.29) is 12.2 Å². The molecule has 0 bridgehead atoms. The standard InChI is InChI=1S/C13H16F2N2O4S/c1-8(18)16-11(6-7-22(2,20)21)13(19)17-12-9(14)4-3-5-10(12)15/h3-5,11H,6-7H2,1-2H3,(H,16,18)(H,17,19)/t11-/m0/s1. The summed E-state index contributed by atoms with van der Waals surface area (Å²) in [5.41, 5.74) is -0.651. The molecule has 0 radical (unpaired) electrons. The van der Waals surface area contributed by atoms with Gasteiger partial charge in [-0.2, -0.15) is 0 Å². The smallest absolute Gasteiger partial charge is 0.247 e. The molecule has 0 heterocycles. The van der Waals surface area contributed by atoms with Crippen molar-refractivity contribution in [2.75, 3.05) is 17.3 Å². The zero-order chi connectivity index (χ0) is 16.9. The Hall–Kier alpha value is -2.03. The highest BCUT2D eigenvalue weighted by atomic mass is 32.2. The molecule has 9 heteroatoms. The second-order valence-electron chi connectivity index (χ2n) is 4.76. The van der Waals surface area contributed by atoms with Gasteiger partial charge in [0.2, 0.25) is 11.8 Å². The van der Waals surface area contributed by atoms with Crippen molar-refractivity contribution < 1.29 is 26.8 Å². The van der Waals surface area contributed by atoms with Crippen LogP contribution in [0.5, 0.6) is 0 Å². The highest BCUT2D eigenvalue weighted by molar-refractivity contribution is 7.90. The van der Waals surface area contributed by atoms with Gasteiger partial charge in [-0.1, -0.05) is 6.07 Å². The third-order valence-corrected chi connectivity index (χ3v) is 3.66. The number of halogens is 2. The molecule has 1 rings (SSSR count). The number of carbonyl (C=O) groups excluding carboxylic acids is 2. The SMILES string of the molecule is CC(=O)N[C@@H](CCS(C)(=O)=O)C(=O)Nc1c(F)cccc1F. The van der Waals surface area contributed by atoms with E-state index in [1.165, 1.54) is 0 Å². The molecule has 0 saturated heterocycles. The Morgan fingerprint density at radius 3 is 2.23 bits per heavy atom. The maximum Gasteiger partial charge on any atom is 0.247 e. The molecule has 0 aliphatic rings. The van der Waals surface area contributed by atoms with Crippen molar-refractivity contribution in [3.63, 3.8) is 0 Å². The van der Waals surface area contributed by atoms with Gasteiger partial charge in [0, 0.05) is 13.2 Å². The Bertz CT molecular complexity index is 656. The maximum absolute atomic E-state index is 13.5. The average Bonchev–Trinajstić information content (AvgIpc) is 2.37. The summed E-state index contributed by atoms with van der Waals surface area (Å²) in [5.74, 6) is -3.77. The molecule has 0 unspecified atom stereocenters. The fraction of sp³-hybridized carbons (Fsp3) is 0.385. The number of rotatable bonds is 6. The molecule has 2 amide bonds. The van der Waals surface area contributed by atoms with Crippen molar-refractivity contribution in [2.45, 2.75) is 19.4 Å². The molecule has 2 N–H and O–H groups in total. The first-order valence-corrected chi connectivity index (χ1v) is 8.36. The van der Waals surface area contributed by atoms with E-state index in [4.69, 9.17) is 0 Å². The molecule has 6 nitrogen and oxygen atoms in total. The number of hydrogen-bond acceptors (Lipinski definition) is 4. The normalized spacial score (nSPS) is 12.5. The van der Waals surface area contributed by atoms with Gasteiger partial charge in [-0.15, -0.1) is 0 Å². The van der Waals surface area contributed by atoms with Crippen molar-refractivity contribution in [1.82, 2.24) is 5.32 Å². The van der Waals surface area contributed by atoms with Gasteiger partial charge in [-0.25, -0.2) is 17.2 Å². The van der Waals surface area contributed by atoms with Gasteiger partial charge in [0.25, 0.3) is 0 Å². The van der Waals surface area contributed by atoms with E-state index in [9.17, 15) is 26.8 Å². The number of benzene rings is 1. The van der Waals surface area contributed by atoms with Crippen molar-refractivity contribution in [3.05, 3.63) is 29.8 Å². The van der Waals surface area contributed by atoms with E-state index in [1.807, 2.05) is 5.32 Å². The number of sulfone groups is 1. The van der Waals surface area contributed by atoms with E-state index >= 15 is 0 Å². The molecule has 0 spiro atoms. The van der Waals surface area contributed by atoms with Gasteiger partial charge in [0.15, 0.2) is 0 Å². The number of anilines is 1. The summed E-state index contributed by atoms with van der Waals surface area (Å²) in [5, 5.41) is 4.27. The molecule has 0 fully saturated rings. The van der Waals surface area contributed by atoms with Crippen molar-refractivity contribution >= 4 is 27.3 Å². The molecule has 1 aromatic carbocycles. The van der Waals surface area contributed by atoms with Crippen LogP contribution in [0.3, 0.4) is 0 Å². The minimum Gasteiger partial charge on any atom is -0.345 e. The quantitative estimate of drug-likeness (QED) is 0.806. The van der Waals surface area contributed by atoms with Crippen LogP contribution in [-0.4, -0.2) is 38.3 Å². The molecule has 22 heavy (non-hydrogen) atoms. The van der Waals surface area contributed by atoms with E-state index in [1.54, 1.807) is 0 Å². The fourth-order valence-electron chi connectivity index (χ4n) is 1.67. The molecular weight excluding hydrogens is 318 g/mol. The monoisotopic (exact) mass is 334 g/mol. The highest BCUT2D eigenvalue weighted by Gasteiger charge is 2.23. The van der Waals surface area contributed by atoms with Crippen LogP contribution in [0, 0.1) is 11.6 Å². The average molecular weight is 334 g/mol. The minimum absolute atomic E-state index is 0.208. The van der Waals surface area contributed by atoms with E-state index in [0.29, 0.717) is 0 Å². The predicted octanol–water partition coefficient (Wildman–Crippen LogP) is 0.843. The zero-order valence-electron chi connectivity index (χ0n) is 12.0. The third-order valence-electron chi connectivity index (χ3n) is 2.68. The Morgan fingerprint density at radius 1 is 1.23 bits per heavy atom. The number of amides is 2. The van der Waals surface area contributed by atoms with Gasteiger partial charge < -0.3 is 10.6 Å². The molecule has 0 aliphatic heterocycles. The Morgan fingerprint density at radius 2 is 1.77 bits per heavy atom. The molecule has 0 aliphatic carbocycles.